The van der Waals surface area contributed by atoms with Crippen molar-refractivity contribution in [2.75, 3.05) is 14.2 Å². The molecule has 0 amide bonds. The zero-order chi connectivity index (χ0) is 4.99. The maximum Gasteiger partial charge on any atom is 0.619 e. The van der Waals surface area contributed by atoms with E-state index in [1.807, 2.05) is 0 Å². The fraction of sp³-hybridized carbons (Fsp3) is 1.00. The molecule has 0 N–H and O–H groups in total. The molecule has 0 rings (SSSR count). The van der Waals surface area contributed by atoms with Crippen molar-refractivity contribution in [2.24, 2.45) is 0 Å². The van der Waals surface area contributed by atoms with Crippen LogP contribution in [0, 0.1) is 0 Å². The van der Waals surface area contributed by atoms with Crippen molar-refractivity contribution in [1.82, 2.24) is 0 Å². The third kappa shape index (κ3) is 2.31. The largest absolute Gasteiger partial charge is 0.619 e. The number of halogens is 1. The van der Waals surface area contributed by atoms with Gasteiger partial charge in [0.2, 0.25) is 0 Å². The van der Waals surface area contributed by atoms with Crippen LogP contribution < -0.4 is 0 Å². The molecule has 0 atom stereocenters. The van der Waals surface area contributed by atoms with Gasteiger partial charge in [-0.3, -0.25) is 0 Å². The van der Waals surface area contributed by atoms with Gasteiger partial charge in [0.25, 0.3) is 0 Å². The SMILES string of the molecule is CO[Si](F)OC. The van der Waals surface area contributed by atoms with E-state index in [1.165, 1.54) is 14.2 Å². The molecule has 0 aliphatic carbocycles. The first-order valence-corrected chi connectivity index (χ1v) is 2.61. The summed E-state index contributed by atoms with van der Waals surface area (Å²) in [5.74, 6) is 0. The van der Waals surface area contributed by atoms with Gasteiger partial charge in [-0.05, 0) is 0 Å². The van der Waals surface area contributed by atoms with Crippen LogP contribution in [0.3, 0.4) is 0 Å². The summed E-state index contributed by atoms with van der Waals surface area (Å²) in [6.45, 7) is 0. The molecule has 4 heteroatoms. The van der Waals surface area contributed by atoms with E-state index in [9.17, 15) is 4.11 Å². The highest BCUT2D eigenvalue weighted by molar-refractivity contribution is 6.35. The third-order valence-electron chi connectivity index (χ3n) is 0.321. The lowest BCUT2D eigenvalue weighted by atomic mass is 11.8. The predicted molar refractivity (Wildman–Crippen MR) is 20.9 cm³/mol. The minimum atomic E-state index is -2.37. The van der Waals surface area contributed by atoms with Gasteiger partial charge in [0.15, 0.2) is 0 Å². The average molecular weight is 109 g/mol. The van der Waals surface area contributed by atoms with Gasteiger partial charge in [-0.1, -0.05) is 0 Å². The third-order valence-corrected chi connectivity index (χ3v) is 0.963. The maximum atomic E-state index is 11.5. The molecule has 0 fully saturated rings. The average Bonchev–Trinajstić information content (AvgIpc) is 1.65. The Kier molecular flexibility index (Phi) is 3.30. The molecule has 0 aliphatic heterocycles. The van der Waals surface area contributed by atoms with Crippen molar-refractivity contribution >= 4 is 9.62 Å². The second-order valence-corrected chi connectivity index (χ2v) is 1.94. The Hall–Kier alpha value is 0.0669. The molecule has 6 heavy (non-hydrogen) atoms. The second-order valence-electron chi connectivity index (χ2n) is 0.646. The first-order chi connectivity index (χ1) is 2.81. The molecule has 0 aromatic heterocycles. The number of hydrogen-bond acceptors (Lipinski definition) is 2. The van der Waals surface area contributed by atoms with Crippen LogP contribution in [0.2, 0.25) is 0 Å². The van der Waals surface area contributed by atoms with Crippen LogP contribution in [0.5, 0.6) is 0 Å². The van der Waals surface area contributed by atoms with Gasteiger partial charge in [-0.2, -0.15) is 0 Å². The first kappa shape index (κ1) is 6.07. The van der Waals surface area contributed by atoms with Gasteiger partial charge in [0.05, 0.1) is 0 Å². The molecule has 0 aliphatic rings. The van der Waals surface area contributed by atoms with E-state index in [-0.39, 0.29) is 0 Å². The van der Waals surface area contributed by atoms with Crippen molar-refractivity contribution in [1.29, 1.82) is 0 Å². The van der Waals surface area contributed by atoms with Crippen molar-refractivity contribution < 1.29 is 13.0 Å². The Morgan fingerprint density at radius 2 is 1.67 bits per heavy atom. The molecular weight excluding hydrogens is 103 g/mol. The molecule has 0 bridgehead atoms. The fourth-order valence-electron chi connectivity index (χ4n) is 0.0833. The topological polar surface area (TPSA) is 18.5 Å². The molecule has 0 saturated heterocycles. The van der Waals surface area contributed by atoms with Gasteiger partial charge in [-0.25, -0.2) is 4.11 Å². The monoisotopic (exact) mass is 109 g/mol. The molecular formula is C2H6FO2Si. The Balaban J connectivity index is 2.75. The summed E-state index contributed by atoms with van der Waals surface area (Å²) < 4.78 is 19.7. The van der Waals surface area contributed by atoms with Crippen LogP contribution in [0.4, 0.5) is 4.11 Å². The highest BCUT2D eigenvalue weighted by Crippen LogP contribution is 1.80. The van der Waals surface area contributed by atoms with Gasteiger partial charge in [0.1, 0.15) is 0 Å². The van der Waals surface area contributed by atoms with Crippen molar-refractivity contribution in [3.05, 3.63) is 0 Å². The highest BCUT2D eigenvalue weighted by atomic mass is 28.4. The van der Waals surface area contributed by atoms with Crippen LogP contribution in [-0.2, 0) is 8.85 Å². The van der Waals surface area contributed by atoms with Gasteiger partial charge >= 0.3 is 9.62 Å². The lowest BCUT2D eigenvalue weighted by Crippen LogP contribution is -2.10. The minimum absolute atomic E-state index is 1.28. The van der Waals surface area contributed by atoms with Crippen molar-refractivity contribution in [3.8, 4) is 0 Å². The summed E-state index contributed by atoms with van der Waals surface area (Å²) in [6, 6.07) is 0. The summed E-state index contributed by atoms with van der Waals surface area (Å²) in [4.78, 5) is 0. The Bertz CT molecular complexity index is 30.7. The zero-order valence-electron chi connectivity index (χ0n) is 3.69. The smallest absolute Gasteiger partial charge is 0.372 e. The van der Waals surface area contributed by atoms with Crippen LogP contribution >= 0.6 is 0 Å². The van der Waals surface area contributed by atoms with E-state index in [0.29, 0.717) is 0 Å². The molecule has 0 unspecified atom stereocenters. The van der Waals surface area contributed by atoms with E-state index in [0.717, 1.165) is 0 Å². The van der Waals surface area contributed by atoms with Crippen molar-refractivity contribution in [3.63, 3.8) is 0 Å². The molecule has 0 aromatic carbocycles. The Labute approximate surface area is 37.9 Å². The molecule has 37 valence electrons. The molecule has 0 saturated carbocycles. The molecule has 0 aromatic rings. The predicted octanol–water partition coefficient (Wildman–Crippen LogP) is 0.234. The zero-order valence-corrected chi connectivity index (χ0v) is 4.69. The summed E-state index contributed by atoms with van der Waals surface area (Å²) in [5, 5.41) is 0. The van der Waals surface area contributed by atoms with E-state index in [4.69, 9.17) is 0 Å². The van der Waals surface area contributed by atoms with E-state index in [1.54, 1.807) is 0 Å². The summed E-state index contributed by atoms with van der Waals surface area (Å²) in [5.41, 5.74) is 0. The van der Waals surface area contributed by atoms with Crippen molar-refractivity contribution in [2.45, 2.75) is 0 Å². The quantitative estimate of drug-likeness (QED) is 0.373. The lowest BCUT2D eigenvalue weighted by molar-refractivity contribution is 0.233. The molecule has 0 spiro atoms. The second kappa shape index (κ2) is 3.26. The van der Waals surface area contributed by atoms with Crippen LogP contribution in [0.25, 0.3) is 0 Å². The van der Waals surface area contributed by atoms with Crippen LogP contribution in [-0.4, -0.2) is 23.8 Å². The number of rotatable bonds is 2. The van der Waals surface area contributed by atoms with E-state index in [2.05, 4.69) is 8.85 Å². The van der Waals surface area contributed by atoms with Gasteiger partial charge < -0.3 is 8.85 Å². The Morgan fingerprint density at radius 3 is 1.67 bits per heavy atom. The van der Waals surface area contributed by atoms with Crippen LogP contribution in [0.1, 0.15) is 0 Å². The number of hydrogen-bond donors (Lipinski definition) is 0. The van der Waals surface area contributed by atoms with Gasteiger partial charge in [0, 0.05) is 14.2 Å². The Morgan fingerprint density at radius 1 is 1.33 bits per heavy atom. The fourth-order valence-corrected chi connectivity index (χ4v) is 0.250. The van der Waals surface area contributed by atoms with Gasteiger partial charge in [-0.15, -0.1) is 0 Å². The van der Waals surface area contributed by atoms with E-state index < -0.39 is 9.62 Å². The summed E-state index contributed by atoms with van der Waals surface area (Å²) in [7, 11) is 0.183. The van der Waals surface area contributed by atoms with E-state index >= 15 is 0 Å². The maximum absolute atomic E-state index is 11.5. The minimum Gasteiger partial charge on any atom is -0.372 e. The highest BCUT2D eigenvalue weighted by Gasteiger charge is 2.08. The standard InChI is InChI=1S/C2H6FO2Si/c1-4-6(3)5-2/h1-2H3. The normalized spacial score (nSPS) is 10.0. The molecule has 0 heterocycles. The first-order valence-electron chi connectivity index (χ1n) is 1.41. The summed E-state index contributed by atoms with van der Waals surface area (Å²) in [6.07, 6.45) is 0. The molecule has 1 radical (unpaired) electrons. The molecule has 2 nitrogen and oxygen atoms in total. The lowest BCUT2D eigenvalue weighted by Gasteiger charge is -1.92. The van der Waals surface area contributed by atoms with Crippen LogP contribution in [0.15, 0.2) is 0 Å². The summed E-state index contributed by atoms with van der Waals surface area (Å²) >= 11 is 0.